The molecular weight excluding hydrogens is 604 g/mol. The van der Waals surface area contributed by atoms with Gasteiger partial charge in [-0.1, -0.05) is 72.0 Å². The number of cyclic esters (lactones) is 1. The number of fused-ring (bicyclic) bond motifs is 3. The molecule has 0 bridgehead atoms. The number of carbonyl (C=O) groups is 4. The van der Waals surface area contributed by atoms with Gasteiger partial charge in [-0.3, -0.25) is 19.2 Å². The lowest BCUT2D eigenvalue weighted by molar-refractivity contribution is -0.160. The molecule has 5 heterocycles. The first-order chi connectivity index (χ1) is 22.8. The van der Waals surface area contributed by atoms with E-state index in [1.54, 1.807) is 52.9 Å². The number of hydrogen-bond donors (Lipinski definition) is 2. The molecule has 3 aromatic rings. The number of nitrogens with zero attached hydrogens (tertiary/aromatic N) is 5. The van der Waals surface area contributed by atoms with Crippen molar-refractivity contribution in [3.63, 3.8) is 0 Å². The van der Waals surface area contributed by atoms with Gasteiger partial charge in [-0.15, -0.1) is 5.10 Å². The molecule has 4 aliphatic rings. The zero-order valence-corrected chi connectivity index (χ0v) is 25.8. The maximum atomic E-state index is 14.6. The Morgan fingerprint density at radius 2 is 1.83 bits per heavy atom. The van der Waals surface area contributed by atoms with E-state index in [-0.39, 0.29) is 32.1 Å². The number of aliphatic hydroxyl groups is 1. The summed E-state index contributed by atoms with van der Waals surface area (Å²) in [7, 11) is 0. The van der Waals surface area contributed by atoms with Crippen LogP contribution in [0, 0.1) is 11.8 Å². The van der Waals surface area contributed by atoms with Gasteiger partial charge in [-0.25, -0.2) is 4.68 Å². The molecule has 0 saturated carbocycles. The quantitative estimate of drug-likeness (QED) is 0.312. The number of carbonyl (C=O) groups excluding carboxylic acids is 4. The number of nitrogens with one attached hydrogen (secondary N) is 1. The number of rotatable bonds is 5. The summed E-state index contributed by atoms with van der Waals surface area (Å²) in [5.74, 6) is -3.94. The van der Waals surface area contributed by atoms with Gasteiger partial charge in [0.05, 0.1) is 36.7 Å². The van der Waals surface area contributed by atoms with E-state index in [1.165, 1.54) is 4.90 Å². The normalized spacial score (nSPS) is 30.8. The summed E-state index contributed by atoms with van der Waals surface area (Å²) in [5.41, 5.74) is 0.586. The predicted octanol–water partition coefficient (Wildman–Crippen LogP) is 1.50. The van der Waals surface area contributed by atoms with E-state index < -0.39 is 66.1 Å². The van der Waals surface area contributed by atoms with Crippen LogP contribution >= 0.6 is 0 Å². The Morgan fingerprint density at radius 1 is 1.04 bits per heavy atom. The van der Waals surface area contributed by atoms with Gasteiger partial charge in [0.15, 0.2) is 0 Å². The number of hydrogen-bond acceptors (Lipinski definition) is 9. The minimum Gasteiger partial charge on any atom is -0.455 e. The Morgan fingerprint density at radius 3 is 2.64 bits per heavy atom. The fraction of sp³-hybridized carbons (Fsp3) is 0.412. The SMILES string of the molecule is C[C@H](CO)N1C(=O)[C@H]2[C@@H]3C(=O)O[C@@H](c4ccccc4)CNC(=O)CC/C=C\[C@@H]3O[C@]23C=CCN(Cn2nnc4ccccc42)C(=O)[C@H]13. The Labute approximate surface area is 270 Å². The predicted molar refractivity (Wildman–Crippen MR) is 167 cm³/mol. The molecule has 13 nitrogen and oxygen atoms in total. The third kappa shape index (κ3) is 5.28. The molecular formula is C34H36N6O7. The first kappa shape index (κ1) is 30.8. The molecule has 4 aliphatic heterocycles. The van der Waals surface area contributed by atoms with E-state index in [4.69, 9.17) is 9.47 Å². The number of likely N-dealkylation sites (tertiary alicyclic amines) is 1. The monoisotopic (exact) mass is 640 g/mol. The molecule has 0 radical (unpaired) electrons. The lowest BCUT2D eigenvalue weighted by Gasteiger charge is -2.37. The van der Waals surface area contributed by atoms with Crippen molar-refractivity contribution in [3.05, 3.63) is 84.5 Å². The highest BCUT2D eigenvalue weighted by Crippen LogP contribution is 2.53. The standard InChI is InChI=1S/C34H36N6O7/c1-21(19-41)40-30-32(44)38(20-39-24-13-6-5-12-23(24)36-37-39)17-9-16-34(30)29(31(40)43)28-25(47-34)14-7-8-15-27(42)35-18-26(46-33(28)45)22-10-3-2-4-11-22/h2-7,9-14,16,21,25-26,28-30,41H,8,15,17-20H2,1H3,(H,35,42)/b14-7-/t21-,25+,26-,28-,29-,30+,34-/m1/s1. The van der Waals surface area contributed by atoms with Crippen LogP contribution in [-0.4, -0.2) is 97.1 Å². The van der Waals surface area contributed by atoms with Gasteiger partial charge in [0.25, 0.3) is 5.91 Å². The number of allylic oxidation sites excluding steroid dienone is 1. The van der Waals surface area contributed by atoms with Gasteiger partial charge in [-0.05, 0) is 31.0 Å². The number of para-hydroxylation sites is 1. The number of ether oxygens (including phenoxy) is 2. The second kappa shape index (κ2) is 12.4. The summed E-state index contributed by atoms with van der Waals surface area (Å²) in [6, 6.07) is 14.6. The summed E-state index contributed by atoms with van der Waals surface area (Å²) >= 11 is 0. The summed E-state index contributed by atoms with van der Waals surface area (Å²) in [4.78, 5) is 58.8. The van der Waals surface area contributed by atoms with Gasteiger partial charge in [-0.2, -0.15) is 0 Å². The molecule has 2 fully saturated rings. The molecule has 1 aromatic heterocycles. The molecule has 244 valence electrons. The maximum Gasteiger partial charge on any atom is 0.313 e. The molecule has 1 spiro atoms. The van der Waals surface area contributed by atoms with E-state index in [2.05, 4.69) is 15.6 Å². The van der Waals surface area contributed by atoms with Crippen LogP contribution in [0.3, 0.4) is 0 Å². The zero-order valence-electron chi connectivity index (χ0n) is 25.8. The molecule has 47 heavy (non-hydrogen) atoms. The van der Waals surface area contributed by atoms with E-state index in [1.807, 2.05) is 42.5 Å². The fourth-order valence-electron chi connectivity index (χ4n) is 7.27. The van der Waals surface area contributed by atoms with Crippen LogP contribution in [0.25, 0.3) is 11.0 Å². The fourth-order valence-corrected chi connectivity index (χ4v) is 7.27. The highest BCUT2D eigenvalue weighted by molar-refractivity contribution is 5.99. The van der Waals surface area contributed by atoms with Crippen molar-refractivity contribution in [2.75, 3.05) is 19.7 Å². The lowest BCUT2D eigenvalue weighted by atomic mass is 9.78. The van der Waals surface area contributed by atoms with E-state index >= 15 is 0 Å². The first-order valence-corrected chi connectivity index (χ1v) is 15.9. The Kier molecular flexibility index (Phi) is 8.10. The van der Waals surface area contributed by atoms with Crippen molar-refractivity contribution in [1.82, 2.24) is 30.1 Å². The van der Waals surface area contributed by atoms with Crippen LogP contribution in [0.2, 0.25) is 0 Å². The molecule has 7 atom stereocenters. The lowest BCUT2D eigenvalue weighted by Crippen LogP contribution is -2.57. The molecule has 0 unspecified atom stereocenters. The van der Waals surface area contributed by atoms with E-state index in [9.17, 15) is 24.3 Å². The second-order valence-electron chi connectivity index (χ2n) is 12.4. The summed E-state index contributed by atoms with van der Waals surface area (Å²) < 4.78 is 14.4. The van der Waals surface area contributed by atoms with Gasteiger partial charge >= 0.3 is 5.97 Å². The van der Waals surface area contributed by atoms with Crippen molar-refractivity contribution < 1.29 is 33.8 Å². The third-order valence-corrected chi connectivity index (χ3v) is 9.53. The Hall–Kier alpha value is -4.88. The number of esters is 1. The van der Waals surface area contributed by atoms with E-state index in [0.29, 0.717) is 17.5 Å². The Balaban J connectivity index is 1.28. The zero-order chi connectivity index (χ0) is 32.7. The topological polar surface area (TPSA) is 156 Å². The highest BCUT2D eigenvalue weighted by Gasteiger charge is 2.72. The Bertz CT molecular complexity index is 1760. The van der Waals surface area contributed by atoms with Crippen molar-refractivity contribution in [3.8, 4) is 0 Å². The molecule has 3 amide bonds. The minimum absolute atomic E-state index is 0.0565. The minimum atomic E-state index is -1.52. The molecule has 2 aromatic carbocycles. The highest BCUT2D eigenvalue weighted by atomic mass is 16.6. The van der Waals surface area contributed by atoms with Crippen molar-refractivity contribution >= 4 is 34.7 Å². The van der Waals surface area contributed by atoms with Crippen LogP contribution < -0.4 is 5.32 Å². The summed E-state index contributed by atoms with van der Waals surface area (Å²) in [6.45, 7) is 1.57. The molecule has 2 N–H and O–H groups in total. The van der Waals surface area contributed by atoms with Crippen LogP contribution in [0.4, 0.5) is 0 Å². The van der Waals surface area contributed by atoms with Gasteiger partial charge < -0.3 is 29.7 Å². The molecule has 2 saturated heterocycles. The third-order valence-electron chi connectivity index (χ3n) is 9.53. The van der Waals surface area contributed by atoms with Gasteiger partial charge in [0, 0.05) is 13.0 Å². The molecule has 0 aliphatic carbocycles. The summed E-state index contributed by atoms with van der Waals surface area (Å²) in [5, 5.41) is 21.6. The summed E-state index contributed by atoms with van der Waals surface area (Å²) in [6.07, 6.45) is 5.84. The average molecular weight is 641 g/mol. The average Bonchev–Trinajstić information content (AvgIpc) is 3.68. The first-order valence-electron chi connectivity index (χ1n) is 15.9. The van der Waals surface area contributed by atoms with Crippen LogP contribution in [0.1, 0.15) is 31.4 Å². The largest absolute Gasteiger partial charge is 0.455 e. The van der Waals surface area contributed by atoms with Crippen LogP contribution in [0.5, 0.6) is 0 Å². The smallest absolute Gasteiger partial charge is 0.313 e. The number of aliphatic hydroxyl groups excluding tert-OH is 1. The number of benzene rings is 2. The van der Waals surface area contributed by atoms with Crippen molar-refractivity contribution in [2.45, 2.75) is 56.3 Å². The maximum absolute atomic E-state index is 14.6. The van der Waals surface area contributed by atoms with Crippen LogP contribution in [-0.2, 0) is 35.3 Å². The second-order valence-corrected chi connectivity index (χ2v) is 12.4. The number of amides is 3. The molecule has 7 rings (SSSR count). The van der Waals surface area contributed by atoms with Crippen molar-refractivity contribution in [2.24, 2.45) is 11.8 Å². The van der Waals surface area contributed by atoms with E-state index in [0.717, 1.165) is 5.52 Å². The van der Waals surface area contributed by atoms with Crippen LogP contribution in [0.15, 0.2) is 78.9 Å². The molecule has 13 heteroatoms. The van der Waals surface area contributed by atoms with Gasteiger partial charge in [0.1, 0.15) is 35.9 Å². The van der Waals surface area contributed by atoms with Gasteiger partial charge in [0.2, 0.25) is 11.8 Å². The van der Waals surface area contributed by atoms with Crippen molar-refractivity contribution in [1.29, 1.82) is 0 Å². The number of aromatic nitrogens is 3.